The standard InChI is InChI=1S/C36H43N3O8/c1-7-36(39(5)6,24-27-11-9-8-10-12-27)32(40)28-14-17-30(18-15-28)44-19-21-46-34(42)37-29-16-13-26(4)31(23-29)38-35(43)47-22-20-45-33(41)25(2)3/h8-18,23H,2,7,19-22,24H2,1,3-6H3,(H,37,42)(H,38,43). The van der Waals surface area contributed by atoms with Crippen LogP contribution in [0.4, 0.5) is 21.0 Å². The van der Waals surface area contributed by atoms with Crippen LogP contribution in [0.25, 0.3) is 0 Å². The van der Waals surface area contributed by atoms with Gasteiger partial charge in [0.15, 0.2) is 5.78 Å². The van der Waals surface area contributed by atoms with Gasteiger partial charge in [-0.05, 0) is 88.3 Å². The zero-order valence-electron chi connectivity index (χ0n) is 27.6. The molecule has 3 aromatic rings. The van der Waals surface area contributed by atoms with E-state index in [-0.39, 0.29) is 37.8 Å². The summed E-state index contributed by atoms with van der Waals surface area (Å²) in [6, 6.07) is 21.9. The lowest BCUT2D eigenvalue weighted by molar-refractivity contribution is -0.139. The molecule has 0 fully saturated rings. The van der Waals surface area contributed by atoms with Crippen LogP contribution in [0.5, 0.6) is 5.75 Å². The molecule has 11 heteroatoms. The predicted molar refractivity (Wildman–Crippen MR) is 180 cm³/mol. The number of amides is 2. The number of hydrogen-bond acceptors (Lipinski definition) is 9. The SMILES string of the molecule is C=C(C)C(=O)OCCOC(=O)Nc1cc(NC(=O)OCCOc2ccc(C(=O)C(CC)(Cc3ccccc3)N(C)C)cc2)ccc1C. The van der Waals surface area contributed by atoms with Crippen molar-refractivity contribution in [3.8, 4) is 5.75 Å². The maximum atomic E-state index is 13.7. The van der Waals surface area contributed by atoms with E-state index in [1.165, 1.54) is 6.92 Å². The number of ketones is 1. The van der Waals surface area contributed by atoms with Crippen molar-refractivity contribution in [3.05, 3.63) is 102 Å². The topological polar surface area (TPSA) is 132 Å². The summed E-state index contributed by atoms with van der Waals surface area (Å²) >= 11 is 0. The van der Waals surface area contributed by atoms with E-state index in [2.05, 4.69) is 17.2 Å². The lowest BCUT2D eigenvalue weighted by atomic mass is 9.80. The fourth-order valence-electron chi connectivity index (χ4n) is 4.77. The lowest BCUT2D eigenvalue weighted by Gasteiger charge is -2.38. The van der Waals surface area contributed by atoms with E-state index in [0.717, 1.165) is 11.1 Å². The third kappa shape index (κ3) is 10.7. The molecule has 0 aliphatic heterocycles. The number of nitrogens with zero attached hydrogens (tertiary/aromatic N) is 1. The molecule has 2 N–H and O–H groups in total. The van der Waals surface area contributed by atoms with Gasteiger partial charge < -0.3 is 18.9 Å². The molecule has 0 saturated heterocycles. The summed E-state index contributed by atoms with van der Waals surface area (Å²) in [7, 11) is 3.86. The maximum Gasteiger partial charge on any atom is 0.411 e. The first-order valence-corrected chi connectivity index (χ1v) is 15.2. The quantitative estimate of drug-likeness (QED) is 0.0595. The Kier molecular flexibility index (Phi) is 13.5. The molecule has 0 radical (unpaired) electrons. The number of likely N-dealkylation sites (N-methyl/N-ethyl adjacent to an activating group) is 1. The molecule has 11 nitrogen and oxygen atoms in total. The minimum atomic E-state index is -0.747. The van der Waals surface area contributed by atoms with Gasteiger partial charge in [-0.3, -0.25) is 20.3 Å². The summed E-state index contributed by atoms with van der Waals surface area (Å²) in [5, 5.41) is 5.20. The Balaban J connectivity index is 1.46. The van der Waals surface area contributed by atoms with Gasteiger partial charge in [0.25, 0.3) is 0 Å². The maximum absolute atomic E-state index is 13.7. The lowest BCUT2D eigenvalue weighted by Crippen LogP contribution is -2.52. The zero-order chi connectivity index (χ0) is 34.4. The molecule has 2 amide bonds. The Labute approximate surface area is 275 Å². The fourth-order valence-corrected chi connectivity index (χ4v) is 4.77. The molecule has 3 aromatic carbocycles. The van der Waals surface area contributed by atoms with Crippen molar-refractivity contribution in [2.24, 2.45) is 0 Å². The highest BCUT2D eigenvalue weighted by molar-refractivity contribution is 6.03. The summed E-state index contributed by atoms with van der Waals surface area (Å²) < 4.78 is 20.9. The molecule has 0 aromatic heterocycles. The third-order valence-corrected chi connectivity index (χ3v) is 7.52. The smallest absolute Gasteiger partial charge is 0.411 e. The van der Waals surface area contributed by atoms with Gasteiger partial charge in [-0.1, -0.05) is 49.9 Å². The number of ether oxygens (including phenoxy) is 4. The van der Waals surface area contributed by atoms with Crippen LogP contribution in [0.2, 0.25) is 0 Å². The predicted octanol–water partition coefficient (Wildman–Crippen LogP) is 6.43. The Morgan fingerprint density at radius 1 is 0.809 bits per heavy atom. The number of carbonyl (C=O) groups excluding carboxylic acids is 4. The summed E-state index contributed by atoms with van der Waals surface area (Å²) in [4.78, 5) is 51.6. The monoisotopic (exact) mass is 645 g/mol. The normalized spacial score (nSPS) is 12.0. The summed E-state index contributed by atoms with van der Waals surface area (Å²) in [6.45, 7) is 8.62. The number of esters is 1. The van der Waals surface area contributed by atoms with Crippen molar-refractivity contribution in [1.82, 2.24) is 4.90 Å². The second kappa shape index (κ2) is 17.5. The molecule has 0 aliphatic rings. The van der Waals surface area contributed by atoms with E-state index in [1.807, 2.05) is 56.3 Å². The Hall–Kier alpha value is -5.16. The summed E-state index contributed by atoms with van der Waals surface area (Å²) in [5.74, 6) is 0.00606. The Morgan fingerprint density at radius 2 is 1.43 bits per heavy atom. The van der Waals surface area contributed by atoms with E-state index in [4.69, 9.17) is 18.9 Å². The van der Waals surface area contributed by atoms with Crippen molar-refractivity contribution < 1.29 is 38.1 Å². The average molecular weight is 646 g/mol. The van der Waals surface area contributed by atoms with Gasteiger partial charge in [-0.2, -0.15) is 0 Å². The Morgan fingerprint density at radius 3 is 2.04 bits per heavy atom. The van der Waals surface area contributed by atoms with Crippen LogP contribution in [0.3, 0.4) is 0 Å². The van der Waals surface area contributed by atoms with E-state index in [9.17, 15) is 19.2 Å². The van der Waals surface area contributed by atoms with Gasteiger partial charge in [0.1, 0.15) is 32.2 Å². The first-order valence-electron chi connectivity index (χ1n) is 15.2. The van der Waals surface area contributed by atoms with Crippen LogP contribution in [0.1, 0.15) is 41.8 Å². The van der Waals surface area contributed by atoms with Crippen LogP contribution >= 0.6 is 0 Å². The zero-order valence-corrected chi connectivity index (χ0v) is 27.6. The number of Topliss-reactive ketones (excluding diaryl/α,β-unsaturated/α-hetero) is 1. The number of hydrogen-bond donors (Lipinski definition) is 2. The van der Waals surface area contributed by atoms with Crippen molar-refractivity contribution in [1.29, 1.82) is 0 Å². The molecule has 1 atom stereocenters. The van der Waals surface area contributed by atoms with Gasteiger partial charge in [0.05, 0.1) is 5.54 Å². The van der Waals surface area contributed by atoms with Crippen LogP contribution < -0.4 is 15.4 Å². The number of nitrogens with one attached hydrogen (secondary N) is 2. The number of carbonyl (C=O) groups is 4. The molecule has 250 valence electrons. The third-order valence-electron chi connectivity index (χ3n) is 7.52. The van der Waals surface area contributed by atoms with Crippen LogP contribution in [-0.2, 0) is 25.4 Å². The molecule has 3 rings (SSSR count). The highest BCUT2D eigenvalue weighted by Gasteiger charge is 2.39. The summed E-state index contributed by atoms with van der Waals surface area (Å²) in [6.07, 6.45) is -0.209. The number of rotatable bonds is 16. The van der Waals surface area contributed by atoms with Crippen molar-refractivity contribution in [3.63, 3.8) is 0 Å². The average Bonchev–Trinajstić information content (AvgIpc) is 3.05. The molecule has 0 aliphatic carbocycles. The van der Waals surface area contributed by atoms with Crippen LogP contribution in [-0.4, -0.2) is 74.9 Å². The number of benzene rings is 3. The number of anilines is 2. The number of aryl methyl sites for hydroxylation is 1. The largest absolute Gasteiger partial charge is 0.490 e. The second-order valence-corrected chi connectivity index (χ2v) is 11.1. The molecule has 0 saturated carbocycles. The molecule has 47 heavy (non-hydrogen) atoms. The second-order valence-electron chi connectivity index (χ2n) is 11.1. The van der Waals surface area contributed by atoms with Gasteiger partial charge >= 0.3 is 18.2 Å². The summed E-state index contributed by atoms with van der Waals surface area (Å²) in [5.41, 5.74) is 2.78. The first kappa shape index (κ1) is 36.3. The van der Waals surface area contributed by atoms with E-state index in [1.54, 1.807) is 49.4 Å². The van der Waals surface area contributed by atoms with Gasteiger partial charge in [-0.25, -0.2) is 14.4 Å². The van der Waals surface area contributed by atoms with Gasteiger partial charge in [-0.15, -0.1) is 0 Å². The minimum absolute atomic E-state index is 0.0254. The first-order chi connectivity index (χ1) is 22.4. The molecule has 0 heterocycles. The van der Waals surface area contributed by atoms with E-state index in [0.29, 0.717) is 35.5 Å². The van der Waals surface area contributed by atoms with Gasteiger partial charge in [0, 0.05) is 22.5 Å². The Bertz CT molecular complexity index is 1540. The fraction of sp³-hybridized carbons (Fsp3) is 0.333. The molecular formula is C36H43N3O8. The molecule has 0 spiro atoms. The van der Waals surface area contributed by atoms with Crippen molar-refractivity contribution >= 4 is 35.3 Å². The van der Waals surface area contributed by atoms with E-state index < -0.39 is 23.7 Å². The van der Waals surface area contributed by atoms with Gasteiger partial charge in [0.2, 0.25) is 0 Å². The molecule has 1 unspecified atom stereocenters. The highest BCUT2D eigenvalue weighted by Crippen LogP contribution is 2.28. The van der Waals surface area contributed by atoms with Crippen LogP contribution in [0.15, 0.2) is 84.9 Å². The molecule has 0 bridgehead atoms. The van der Waals surface area contributed by atoms with E-state index >= 15 is 0 Å². The minimum Gasteiger partial charge on any atom is -0.490 e. The van der Waals surface area contributed by atoms with Crippen LogP contribution in [0, 0.1) is 6.92 Å². The van der Waals surface area contributed by atoms with Crippen molar-refractivity contribution in [2.45, 2.75) is 39.2 Å². The highest BCUT2D eigenvalue weighted by atomic mass is 16.6. The van der Waals surface area contributed by atoms with Crippen molar-refractivity contribution in [2.75, 3.05) is 51.2 Å². The molecular weight excluding hydrogens is 602 g/mol.